The van der Waals surface area contributed by atoms with Gasteiger partial charge in [0.15, 0.2) is 16.3 Å². The van der Waals surface area contributed by atoms with Crippen LogP contribution < -0.4 is 14.3 Å². The second kappa shape index (κ2) is 5.79. The highest BCUT2D eigenvalue weighted by Crippen LogP contribution is 2.32. The molecule has 0 radical (unpaired) electrons. The summed E-state index contributed by atoms with van der Waals surface area (Å²) in [5.74, 6) is 1.23. The number of hydrogen-bond acceptors (Lipinski definition) is 4. The number of ether oxygens (including phenoxy) is 2. The molecule has 24 heavy (non-hydrogen) atoms. The molecule has 0 unspecified atom stereocenters. The van der Waals surface area contributed by atoms with Crippen molar-refractivity contribution in [2.24, 2.45) is 12.0 Å². The largest absolute Gasteiger partial charge is 0.454 e. The summed E-state index contributed by atoms with van der Waals surface area (Å²) < 4.78 is 13.7. The number of nitrogens with zero attached hydrogens (tertiary/aromatic N) is 2. The number of thiazole rings is 1. The highest BCUT2D eigenvalue weighted by molar-refractivity contribution is 7.16. The molecule has 3 aromatic rings. The average molecular weight is 340 g/mol. The minimum atomic E-state index is -0.173. The Kier molecular flexibility index (Phi) is 3.61. The van der Waals surface area contributed by atoms with Gasteiger partial charge >= 0.3 is 0 Å². The van der Waals surface area contributed by atoms with Gasteiger partial charge in [-0.25, -0.2) is 0 Å². The lowest BCUT2D eigenvalue weighted by molar-refractivity contribution is -0.117. The third-order valence-corrected chi connectivity index (χ3v) is 5.07. The van der Waals surface area contributed by atoms with Crippen molar-refractivity contribution >= 4 is 27.5 Å². The first kappa shape index (κ1) is 15.0. The van der Waals surface area contributed by atoms with Crippen LogP contribution in [0.5, 0.6) is 11.5 Å². The number of rotatable bonds is 2. The zero-order chi connectivity index (χ0) is 16.7. The van der Waals surface area contributed by atoms with E-state index in [-0.39, 0.29) is 19.1 Å². The van der Waals surface area contributed by atoms with E-state index in [1.54, 1.807) is 0 Å². The third-order valence-electron chi connectivity index (χ3n) is 3.98. The van der Waals surface area contributed by atoms with Crippen molar-refractivity contribution in [1.29, 1.82) is 0 Å². The van der Waals surface area contributed by atoms with Gasteiger partial charge < -0.3 is 14.0 Å². The third kappa shape index (κ3) is 2.69. The predicted octanol–water partition coefficient (Wildman–Crippen LogP) is 2.95. The van der Waals surface area contributed by atoms with Gasteiger partial charge in [-0.05, 0) is 42.3 Å². The van der Waals surface area contributed by atoms with Gasteiger partial charge in [0, 0.05) is 7.05 Å². The van der Waals surface area contributed by atoms with Crippen LogP contribution in [0.15, 0.2) is 41.4 Å². The van der Waals surface area contributed by atoms with E-state index in [1.807, 2.05) is 29.8 Å². The highest BCUT2D eigenvalue weighted by atomic mass is 32.1. The maximum Gasteiger partial charge on any atom is 0.252 e. The molecule has 2 aromatic carbocycles. The number of carbonyl (C=O) groups is 1. The van der Waals surface area contributed by atoms with Crippen molar-refractivity contribution in [3.63, 3.8) is 0 Å². The van der Waals surface area contributed by atoms with E-state index in [4.69, 9.17) is 9.47 Å². The summed E-state index contributed by atoms with van der Waals surface area (Å²) in [5.41, 5.74) is 3.15. The van der Waals surface area contributed by atoms with Crippen LogP contribution >= 0.6 is 11.3 Å². The van der Waals surface area contributed by atoms with E-state index in [9.17, 15) is 4.79 Å². The molecule has 1 aliphatic rings. The Morgan fingerprint density at radius 1 is 1.21 bits per heavy atom. The summed E-state index contributed by atoms with van der Waals surface area (Å²) in [5, 5.41) is 0. The Hall–Kier alpha value is -2.60. The predicted molar refractivity (Wildman–Crippen MR) is 92.4 cm³/mol. The monoisotopic (exact) mass is 340 g/mol. The number of fused-ring (bicyclic) bond motifs is 2. The molecule has 0 bridgehead atoms. The van der Waals surface area contributed by atoms with Crippen molar-refractivity contribution in [3.8, 4) is 11.5 Å². The highest BCUT2D eigenvalue weighted by Gasteiger charge is 2.14. The zero-order valence-corrected chi connectivity index (χ0v) is 14.2. The number of benzene rings is 2. The first-order chi connectivity index (χ1) is 11.6. The maximum atomic E-state index is 12.3. The van der Waals surface area contributed by atoms with Crippen molar-refractivity contribution in [3.05, 3.63) is 52.3 Å². The lowest BCUT2D eigenvalue weighted by atomic mass is 10.1. The molecule has 122 valence electrons. The summed E-state index contributed by atoms with van der Waals surface area (Å²) >= 11 is 1.53. The molecule has 0 aliphatic carbocycles. The van der Waals surface area contributed by atoms with Crippen molar-refractivity contribution in [1.82, 2.24) is 4.57 Å². The summed E-state index contributed by atoms with van der Waals surface area (Å²) in [6, 6.07) is 11.8. The summed E-state index contributed by atoms with van der Waals surface area (Å²) in [7, 11) is 1.93. The van der Waals surface area contributed by atoms with E-state index >= 15 is 0 Å². The quantitative estimate of drug-likeness (QED) is 0.721. The van der Waals surface area contributed by atoms with Crippen LogP contribution in [0.2, 0.25) is 0 Å². The van der Waals surface area contributed by atoms with Gasteiger partial charge in [0.05, 0.1) is 16.6 Å². The number of carbonyl (C=O) groups excluding carboxylic acids is 1. The first-order valence-corrected chi connectivity index (χ1v) is 8.44. The second-order valence-corrected chi connectivity index (χ2v) is 6.79. The van der Waals surface area contributed by atoms with E-state index in [0.29, 0.717) is 10.6 Å². The fourth-order valence-electron chi connectivity index (χ4n) is 2.72. The van der Waals surface area contributed by atoms with Crippen LogP contribution in [-0.4, -0.2) is 17.3 Å². The maximum absolute atomic E-state index is 12.3. The smallest absolute Gasteiger partial charge is 0.252 e. The molecule has 1 aliphatic heterocycles. The van der Waals surface area contributed by atoms with Crippen LogP contribution in [0, 0.1) is 6.92 Å². The first-order valence-electron chi connectivity index (χ1n) is 7.62. The Bertz CT molecular complexity index is 1020. The number of aryl methyl sites for hydroxylation is 2. The Balaban J connectivity index is 1.63. The summed E-state index contributed by atoms with van der Waals surface area (Å²) in [6.45, 7) is 2.29. The van der Waals surface area contributed by atoms with Gasteiger partial charge in [0.2, 0.25) is 6.79 Å². The average Bonchev–Trinajstić information content (AvgIpc) is 3.12. The van der Waals surface area contributed by atoms with E-state index in [1.165, 1.54) is 16.9 Å². The SMILES string of the molecule is Cc1ccc2c(c1)sc(=NC(=O)Cc1ccc3c(c1)OCO3)n2C. The van der Waals surface area contributed by atoms with E-state index < -0.39 is 0 Å². The van der Waals surface area contributed by atoms with Crippen LogP contribution in [-0.2, 0) is 18.3 Å². The molecule has 0 atom stereocenters. The molecular formula is C18H16N2O3S. The lowest BCUT2D eigenvalue weighted by Crippen LogP contribution is -2.14. The van der Waals surface area contributed by atoms with Gasteiger partial charge in [0.1, 0.15) is 0 Å². The molecule has 0 N–H and O–H groups in total. The number of aromatic nitrogens is 1. The molecule has 0 saturated heterocycles. The van der Waals surface area contributed by atoms with Gasteiger partial charge in [0.25, 0.3) is 5.91 Å². The minimum Gasteiger partial charge on any atom is -0.454 e. The number of amides is 1. The van der Waals surface area contributed by atoms with Crippen LogP contribution in [0.4, 0.5) is 0 Å². The lowest BCUT2D eigenvalue weighted by Gasteiger charge is -2.00. The molecule has 6 heteroatoms. The molecule has 1 amide bonds. The van der Waals surface area contributed by atoms with Gasteiger partial charge in [-0.2, -0.15) is 4.99 Å². The van der Waals surface area contributed by atoms with E-state index in [2.05, 4.69) is 30.1 Å². The molecular weight excluding hydrogens is 324 g/mol. The molecule has 0 saturated carbocycles. The molecule has 0 spiro atoms. The van der Waals surface area contributed by atoms with Crippen LogP contribution in [0.25, 0.3) is 10.2 Å². The second-order valence-electron chi connectivity index (χ2n) is 5.78. The van der Waals surface area contributed by atoms with Crippen LogP contribution in [0.1, 0.15) is 11.1 Å². The fraction of sp³-hybridized carbons (Fsp3) is 0.222. The topological polar surface area (TPSA) is 52.8 Å². The van der Waals surface area contributed by atoms with Crippen molar-refractivity contribution in [2.45, 2.75) is 13.3 Å². The Morgan fingerprint density at radius 3 is 2.92 bits per heavy atom. The zero-order valence-electron chi connectivity index (χ0n) is 13.4. The fourth-order valence-corrected chi connectivity index (χ4v) is 3.85. The van der Waals surface area contributed by atoms with Gasteiger partial charge in [-0.15, -0.1) is 0 Å². The summed E-state index contributed by atoms with van der Waals surface area (Å²) in [4.78, 5) is 17.3. The molecule has 4 rings (SSSR count). The minimum absolute atomic E-state index is 0.173. The Morgan fingerprint density at radius 2 is 2.04 bits per heavy atom. The Labute approximate surface area is 142 Å². The molecule has 2 heterocycles. The van der Waals surface area contributed by atoms with E-state index in [0.717, 1.165) is 21.5 Å². The summed E-state index contributed by atoms with van der Waals surface area (Å²) in [6.07, 6.45) is 0.240. The van der Waals surface area contributed by atoms with Crippen LogP contribution in [0.3, 0.4) is 0 Å². The molecule has 0 fully saturated rings. The molecule has 1 aromatic heterocycles. The van der Waals surface area contributed by atoms with Crippen molar-refractivity contribution in [2.75, 3.05) is 6.79 Å². The van der Waals surface area contributed by atoms with Gasteiger partial charge in [-0.1, -0.05) is 23.5 Å². The number of hydrogen-bond donors (Lipinski definition) is 0. The van der Waals surface area contributed by atoms with Crippen molar-refractivity contribution < 1.29 is 14.3 Å². The standard InChI is InChI=1S/C18H16N2O3S/c1-11-3-5-13-16(7-11)24-18(20(13)2)19-17(21)9-12-4-6-14-15(8-12)23-10-22-14/h3-8H,9-10H2,1-2H3. The molecule has 5 nitrogen and oxygen atoms in total. The normalized spacial score (nSPS) is 13.7. The van der Waals surface area contributed by atoms with Gasteiger partial charge in [-0.3, -0.25) is 4.79 Å².